The molecule has 0 unspecified atom stereocenters. The first-order valence-corrected chi connectivity index (χ1v) is 9.98. The molecule has 1 aromatic heterocycles. The van der Waals surface area contributed by atoms with E-state index in [0.29, 0.717) is 0 Å². The van der Waals surface area contributed by atoms with Gasteiger partial charge in [-0.05, 0) is 42.2 Å². The van der Waals surface area contributed by atoms with E-state index in [0.717, 1.165) is 5.82 Å². The van der Waals surface area contributed by atoms with E-state index in [1.54, 1.807) is 0 Å². The van der Waals surface area contributed by atoms with E-state index in [1.165, 1.54) is 28.1 Å². The minimum Gasteiger partial charge on any atom is -0.336 e. The largest absolute Gasteiger partial charge is 0.542 e. The average molecular weight is 376 g/mol. The Morgan fingerprint density at radius 3 is 2.10 bits per heavy atom. The van der Waals surface area contributed by atoms with Crippen LogP contribution in [0, 0.1) is 6.92 Å². The maximum Gasteiger partial charge on any atom is 0.542 e. The minimum atomic E-state index is 0.0308. The van der Waals surface area contributed by atoms with Crippen LogP contribution >= 0.6 is 0 Å². The topological polar surface area (TPSA) is 10.4 Å². The first-order valence-electron chi connectivity index (χ1n) is 9.98. The van der Waals surface area contributed by atoms with Gasteiger partial charge in [0.1, 0.15) is 5.69 Å². The predicted octanol–water partition coefficient (Wildman–Crippen LogP) is 4.50. The molecule has 3 nitrogen and oxygen atoms in total. The van der Waals surface area contributed by atoms with Crippen LogP contribution in [0.1, 0.15) is 5.56 Å². The summed E-state index contributed by atoms with van der Waals surface area (Å²) in [6.07, 6.45) is 2.11. The molecule has 0 saturated carbocycles. The number of aromatic nitrogens is 1. The van der Waals surface area contributed by atoms with Crippen molar-refractivity contribution in [2.75, 3.05) is 9.62 Å². The molecule has 140 valence electrons. The van der Waals surface area contributed by atoms with Gasteiger partial charge < -0.3 is 4.81 Å². The molecule has 0 spiro atoms. The zero-order valence-corrected chi connectivity index (χ0v) is 16.7. The Bertz CT molecular complexity index is 1150. The lowest BCUT2D eigenvalue weighted by Crippen LogP contribution is -2.55. The van der Waals surface area contributed by atoms with Crippen LogP contribution in [0.25, 0.3) is 0 Å². The first kappa shape index (κ1) is 17.6. The van der Waals surface area contributed by atoms with Gasteiger partial charge in [0.25, 0.3) is 5.82 Å². The molecule has 0 fully saturated rings. The zero-order chi connectivity index (χ0) is 19.8. The summed E-state index contributed by atoms with van der Waals surface area (Å²) in [4.78, 5) is 4.91. The normalized spacial score (nSPS) is 13.0. The number of anilines is 4. The quantitative estimate of drug-likeness (QED) is 0.385. The van der Waals surface area contributed by atoms with Crippen molar-refractivity contribution in [3.63, 3.8) is 0 Å². The van der Waals surface area contributed by atoms with Gasteiger partial charge in [-0.25, -0.2) is 4.57 Å². The average Bonchev–Trinajstić information content (AvgIpc) is 3.11. The lowest BCUT2D eigenvalue weighted by molar-refractivity contribution is -0.658. The number of benzene rings is 3. The SMILES string of the molecule is Cc1cccc2c1N(c1cccc[n+]1C)B(c1ccccc1)N2c1ccccc1. The highest BCUT2D eigenvalue weighted by Gasteiger charge is 2.51. The van der Waals surface area contributed by atoms with E-state index in [2.05, 4.69) is 131 Å². The number of hydrogen-bond donors (Lipinski definition) is 0. The van der Waals surface area contributed by atoms with E-state index >= 15 is 0 Å². The minimum absolute atomic E-state index is 0.0308. The summed E-state index contributed by atoms with van der Waals surface area (Å²) in [5, 5.41) is 0. The second-order valence-corrected chi connectivity index (χ2v) is 7.47. The summed E-state index contributed by atoms with van der Waals surface area (Å²) in [6, 6.07) is 34.4. The lowest BCUT2D eigenvalue weighted by Gasteiger charge is -2.25. The number of pyridine rings is 1. The molecule has 3 aromatic carbocycles. The smallest absolute Gasteiger partial charge is 0.336 e. The third-order valence-electron chi connectivity index (χ3n) is 5.61. The van der Waals surface area contributed by atoms with Crippen molar-refractivity contribution in [3.8, 4) is 0 Å². The van der Waals surface area contributed by atoms with Crippen molar-refractivity contribution in [3.05, 3.63) is 109 Å². The van der Waals surface area contributed by atoms with Crippen LogP contribution in [0.15, 0.2) is 103 Å². The van der Waals surface area contributed by atoms with Crippen LogP contribution in [0.2, 0.25) is 0 Å². The molecular weight excluding hydrogens is 353 g/mol. The monoisotopic (exact) mass is 376 g/mol. The molecule has 2 heterocycles. The van der Waals surface area contributed by atoms with E-state index in [-0.39, 0.29) is 6.98 Å². The number of rotatable bonds is 3. The van der Waals surface area contributed by atoms with E-state index < -0.39 is 0 Å². The standard InChI is InChI=1S/C25H23BN3/c1-20-12-11-17-23-25(20)29(24-18-9-10-19-27(24)2)26(21-13-5-3-6-14-21)28(23)22-15-7-4-8-16-22/h3-19H,1-2H3/q+1. The van der Waals surface area contributed by atoms with Gasteiger partial charge in [-0.3, -0.25) is 4.81 Å². The third-order valence-corrected chi connectivity index (χ3v) is 5.61. The Balaban J connectivity index is 1.82. The molecule has 0 saturated heterocycles. The molecule has 1 aliphatic heterocycles. The van der Waals surface area contributed by atoms with Crippen molar-refractivity contribution < 1.29 is 4.57 Å². The van der Waals surface area contributed by atoms with Crippen LogP contribution in [0.5, 0.6) is 0 Å². The van der Waals surface area contributed by atoms with Gasteiger partial charge in [0.15, 0.2) is 0 Å². The highest BCUT2D eigenvalue weighted by molar-refractivity contribution is 6.84. The third kappa shape index (κ3) is 2.88. The maximum atomic E-state index is 2.47. The summed E-state index contributed by atoms with van der Waals surface area (Å²) < 4.78 is 2.20. The number of para-hydroxylation sites is 2. The zero-order valence-electron chi connectivity index (χ0n) is 16.7. The van der Waals surface area contributed by atoms with E-state index in [4.69, 9.17) is 0 Å². The molecule has 1 aliphatic rings. The van der Waals surface area contributed by atoms with Gasteiger partial charge in [0.2, 0.25) is 0 Å². The van der Waals surface area contributed by atoms with Gasteiger partial charge in [-0.1, -0.05) is 66.7 Å². The molecule has 0 radical (unpaired) electrons. The fraction of sp³-hybridized carbons (Fsp3) is 0.0800. The summed E-state index contributed by atoms with van der Waals surface area (Å²) >= 11 is 0. The van der Waals surface area contributed by atoms with Crippen LogP contribution in [0.3, 0.4) is 0 Å². The first-order chi connectivity index (χ1) is 14.3. The Kier molecular flexibility index (Phi) is 4.32. The summed E-state index contributed by atoms with van der Waals surface area (Å²) in [7, 11) is 2.11. The number of aryl methyl sites for hydroxylation is 2. The fourth-order valence-corrected chi connectivity index (χ4v) is 4.32. The van der Waals surface area contributed by atoms with Crippen molar-refractivity contribution in [1.82, 2.24) is 0 Å². The molecule has 0 N–H and O–H groups in total. The molecule has 5 rings (SSSR count). The van der Waals surface area contributed by atoms with Crippen molar-refractivity contribution >= 4 is 35.3 Å². The lowest BCUT2D eigenvalue weighted by atomic mass is 9.64. The second-order valence-electron chi connectivity index (χ2n) is 7.47. The van der Waals surface area contributed by atoms with Gasteiger partial charge >= 0.3 is 6.98 Å². The molecule has 0 bridgehead atoms. The van der Waals surface area contributed by atoms with Gasteiger partial charge in [0.05, 0.1) is 18.9 Å². The Morgan fingerprint density at radius 2 is 1.38 bits per heavy atom. The molecular formula is C25H23BN3+. The summed E-state index contributed by atoms with van der Waals surface area (Å²) in [6.45, 7) is 2.23. The molecule has 0 aliphatic carbocycles. The molecule has 0 amide bonds. The summed E-state index contributed by atoms with van der Waals surface area (Å²) in [5.74, 6) is 1.16. The van der Waals surface area contributed by atoms with Gasteiger partial charge in [0, 0.05) is 11.8 Å². The van der Waals surface area contributed by atoms with Crippen molar-refractivity contribution in [2.24, 2.45) is 7.05 Å². The number of fused-ring (bicyclic) bond motifs is 1. The van der Waals surface area contributed by atoms with Gasteiger partial charge in [-0.2, -0.15) is 0 Å². The highest BCUT2D eigenvalue weighted by atomic mass is 15.3. The van der Waals surface area contributed by atoms with Crippen LogP contribution in [-0.2, 0) is 7.05 Å². The van der Waals surface area contributed by atoms with E-state index in [1.807, 2.05) is 0 Å². The molecule has 0 atom stereocenters. The molecule has 29 heavy (non-hydrogen) atoms. The molecule has 4 aromatic rings. The second kappa shape index (κ2) is 7.14. The van der Waals surface area contributed by atoms with Crippen LogP contribution < -0.4 is 19.7 Å². The van der Waals surface area contributed by atoms with Crippen molar-refractivity contribution in [2.45, 2.75) is 6.92 Å². The Labute approximate surface area is 172 Å². The molecule has 4 heteroatoms. The predicted molar refractivity (Wildman–Crippen MR) is 121 cm³/mol. The van der Waals surface area contributed by atoms with Gasteiger partial charge in [-0.15, -0.1) is 0 Å². The number of nitrogens with zero attached hydrogens (tertiary/aromatic N) is 3. The fourth-order valence-electron chi connectivity index (χ4n) is 4.32. The maximum absolute atomic E-state index is 2.47. The van der Waals surface area contributed by atoms with E-state index in [9.17, 15) is 0 Å². The Hall–Kier alpha value is -3.53. The Morgan fingerprint density at radius 1 is 0.690 bits per heavy atom. The van der Waals surface area contributed by atoms with Crippen LogP contribution in [-0.4, -0.2) is 6.98 Å². The van der Waals surface area contributed by atoms with Crippen molar-refractivity contribution in [1.29, 1.82) is 0 Å². The summed E-state index contributed by atoms with van der Waals surface area (Å²) in [5.41, 5.74) is 6.21. The highest BCUT2D eigenvalue weighted by Crippen LogP contribution is 2.46. The van der Waals surface area contributed by atoms with Crippen LogP contribution in [0.4, 0.5) is 22.9 Å². The number of hydrogen-bond acceptors (Lipinski definition) is 2.